The predicted molar refractivity (Wildman–Crippen MR) is 87.3 cm³/mol. The zero-order valence-electron chi connectivity index (χ0n) is 12.2. The Morgan fingerprint density at radius 2 is 2.00 bits per heavy atom. The van der Waals surface area contributed by atoms with E-state index in [1.165, 1.54) is 11.7 Å². The van der Waals surface area contributed by atoms with Crippen molar-refractivity contribution in [2.45, 2.75) is 6.54 Å². The summed E-state index contributed by atoms with van der Waals surface area (Å²) in [6.07, 6.45) is 5.21. The first kappa shape index (κ1) is 14.0. The van der Waals surface area contributed by atoms with Crippen molar-refractivity contribution >= 4 is 17.5 Å². The average Bonchev–Trinajstić information content (AvgIpc) is 3.07. The summed E-state index contributed by atoms with van der Waals surface area (Å²) in [7, 11) is 0. The zero-order chi connectivity index (χ0) is 15.6. The molecule has 0 aliphatic carbocycles. The molecule has 116 valence electrons. The highest BCUT2D eigenvalue weighted by Crippen LogP contribution is 2.23. The highest BCUT2D eigenvalue weighted by atomic mass is 32.1. The summed E-state index contributed by atoms with van der Waals surface area (Å²) in [6.45, 7) is 2.36. The van der Waals surface area contributed by atoms with Gasteiger partial charge in [-0.3, -0.25) is 9.78 Å². The van der Waals surface area contributed by atoms with Gasteiger partial charge in [0, 0.05) is 43.0 Å². The van der Waals surface area contributed by atoms with Crippen LogP contribution in [0.25, 0.3) is 11.3 Å². The Morgan fingerprint density at radius 3 is 2.74 bits per heavy atom. The quantitative estimate of drug-likeness (QED) is 0.719. The van der Waals surface area contributed by atoms with Crippen LogP contribution in [0.15, 0.2) is 47.7 Å². The van der Waals surface area contributed by atoms with Gasteiger partial charge in [-0.2, -0.15) is 13.8 Å². The first-order chi connectivity index (χ1) is 11.3. The van der Waals surface area contributed by atoms with Gasteiger partial charge >= 0.3 is 0 Å². The van der Waals surface area contributed by atoms with Gasteiger partial charge in [-0.15, -0.1) is 0 Å². The Bertz CT molecular complexity index is 842. The van der Waals surface area contributed by atoms with Gasteiger partial charge in [0.1, 0.15) is 0 Å². The van der Waals surface area contributed by atoms with E-state index in [0.717, 1.165) is 30.2 Å². The molecular weight excluding hydrogens is 312 g/mol. The summed E-state index contributed by atoms with van der Waals surface area (Å²) in [5.74, 6) is 1.31. The zero-order valence-corrected chi connectivity index (χ0v) is 13.1. The molecule has 0 aromatic carbocycles. The summed E-state index contributed by atoms with van der Waals surface area (Å²) in [5.41, 5.74) is 1.67. The Hall–Kier alpha value is -2.61. The molecule has 8 heteroatoms. The van der Waals surface area contributed by atoms with Crippen LogP contribution in [0.1, 0.15) is 0 Å². The molecule has 0 unspecified atom stereocenters. The summed E-state index contributed by atoms with van der Waals surface area (Å²) in [4.78, 5) is 18.2. The third-order valence-corrected chi connectivity index (χ3v) is 4.37. The molecule has 0 radical (unpaired) electrons. The molecule has 0 saturated carbocycles. The van der Waals surface area contributed by atoms with E-state index in [2.05, 4.69) is 23.7 Å². The second kappa shape index (κ2) is 5.88. The van der Waals surface area contributed by atoms with Gasteiger partial charge in [0.25, 0.3) is 5.56 Å². The average molecular weight is 326 g/mol. The van der Waals surface area contributed by atoms with Gasteiger partial charge in [0.2, 0.25) is 0 Å². The van der Waals surface area contributed by atoms with Gasteiger partial charge < -0.3 is 4.90 Å². The van der Waals surface area contributed by atoms with Crippen LogP contribution < -0.4 is 10.5 Å². The van der Waals surface area contributed by atoms with Crippen LogP contribution in [0.2, 0.25) is 0 Å². The minimum absolute atomic E-state index is 0.0726. The molecule has 0 spiro atoms. The number of nitrogens with zero attached hydrogens (tertiary/aromatic N) is 6. The molecule has 23 heavy (non-hydrogen) atoms. The largest absolute Gasteiger partial charge is 0.354 e. The molecule has 0 N–H and O–H groups in total. The van der Waals surface area contributed by atoms with Crippen molar-refractivity contribution in [3.05, 3.63) is 53.2 Å². The van der Waals surface area contributed by atoms with Crippen LogP contribution in [0.4, 0.5) is 5.82 Å². The fraction of sp³-hybridized carbons (Fsp3) is 0.267. The molecule has 3 aromatic heterocycles. The van der Waals surface area contributed by atoms with Crippen molar-refractivity contribution in [2.24, 2.45) is 5.92 Å². The Morgan fingerprint density at radius 1 is 1.17 bits per heavy atom. The summed E-state index contributed by atoms with van der Waals surface area (Å²) < 4.78 is 9.78. The van der Waals surface area contributed by atoms with Crippen molar-refractivity contribution in [2.75, 3.05) is 18.0 Å². The maximum Gasteiger partial charge on any atom is 0.266 e. The molecule has 0 amide bonds. The molecule has 7 nitrogen and oxygen atoms in total. The minimum atomic E-state index is -0.0726. The minimum Gasteiger partial charge on any atom is -0.354 e. The van der Waals surface area contributed by atoms with Gasteiger partial charge in [-0.25, -0.2) is 4.68 Å². The topological polar surface area (TPSA) is 76.8 Å². The molecule has 1 aliphatic rings. The fourth-order valence-corrected chi connectivity index (χ4v) is 3.11. The second-order valence-corrected chi connectivity index (χ2v) is 6.07. The van der Waals surface area contributed by atoms with Crippen LogP contribution >= 0.6 is 11.7 Å². The Balaban J connectivity index is 1.48. The second-order valence-electron chi connectivity index (χ2n) is 5.51. The van der Waals surface area contributed by atoms with E-state index in [1.807, 2.05) is 12.1 Å². The van der Waals surface area contributed by atoms with Crippen molar-refractivity contribution in [3.63, 3.8) is 0 Å². The van der Waals surface area contributed by atoms with Crippen molar-refractivity contribution in [1.29, 1.82) is 0 Å². The highest BCUT2D eigenvalue weighted by molar-refractivity contribution is 6.99. The molecule has 3 aromatic rings. The number of hydrogen-bond donors (Lipinski definition) is 0. The van der Waals surface area contributed by atoms with E-state index in [0.29, 0.717) is 12.5 Å². The maximum atomic E-state index is 12.0. The first-order valence-corrected chi connectivity index (χ1v) is 8.04. The number of aromatic nitrogens is 5. The molecule has 4 heterocycles. The smallest absolute Gasteiger partial charge is 0.266 e. The van der Waals surface area contributed by atoms with Crippen molar-refractivity contribution < 1.29 is 0 Å². The summed E-state index contributed by atoms with van der Waals surface area (Å²) >= 11 is 1.21. The molecule has 1 fully saturated rings. The summed E-state index contributed by atoms with van der Waals surface area (Å²) in [5, 5.41) is 4.48. The molecule has 1 saturated heterocycles. The number of hydrogen-bond acceptors (Lipinski definition) is 7. The SMILES string of the molecule is O=c1ccc(-c2ccncc2)nn1CC1CN(c2cnsn2)C1. The van der Waals surface area contributed by atoms with E-state index in [-0.39, 0.29) is 5.56 Å². The standard InChI is InChI=1S/C15H14N6OS/c22-15-2-1-13(12-3-5-16-6-4-12)18-21(15)10-11-8-20(9-11)14-7-17-23-19-14/h1-7,11H,8-10H2. The van der Waals surface area contributed by atoms with Crippen LogP contribution in [-0.2, 0) is 6.54 Å². The molecule has 0 bridgehead atoms. The molecule has 1 aliphatic heterocycles. The lowest BCUT2D eigenvalue weighted by Gasteiger charge is -2.39. The van der Waals surface area contributed by atoms with Gasteiger partial charge in [0.05, 0.1) is 30.2 Å². The van der Waals surface area contributed by atoms with E-state index in [4.69, 9.17) is 0 Å². The number of pyridine rings is 1. The van der Waals surface area contributed by atoms with Crippen molar-refractivity contribution in [1.82, 2.24) is 23.5 Å². The van der Waals surface area contributed by atoms with E-state index in [1.54, 1.807) is 35.4 Å². The van der Waals surface area contributed by atoms with Crippen LogP contribution in [0, 0.1) is 5.92 Å². The predicted octanol–water partition coefficient (Wildman–Crippen LogP) is 1.29. The lowest BCUT2D eigenvalue weighted by Crippen LogP contribution is -2.49. The van der Waals surface area contributed by atoms with E-state index < -0.39 is 0 Å². The van der Waals surface area contributed by atoms with Crippen LogP contribution in [0.3, 0.4) is 0 Å². The molecule has 0 atom stereocenters. The first-order valence-electron chi connectivity index (χ1n) is 7.31. The fourth-order valence-electron chi connectivity index (χ4n) is 2.67. The lowest BCUT2D eigenvalue weighted by molar-refractivity contribution is 0.334. The third-order valence-electron chi connectivity index (χ3n) is 3.90. The van der Waals surface area contributed by atoms with Crippen molar-refractivity contribution in [3.8, 4) is 11.3 Å². The Labute approximate surface area is 136 Å². The molecule has 4 rings (SSSR count). The third kappa shape index (κ3) is 2.85. The summed E-state index contributed by atoms with van der Waals surface area (Å²) in [6, 6.07) is 7.10. The monoisotopic (exact) mass is 326 g/mol. The number of rotatable bonds is 4. The van der Waals surface area contributed by atoms with Gasteiger partial charge in [-0.1, -0.05) is 0 Å². The van der Waals surface area contributed by atoms with Crippen LogP contribution in [-0.4, -0.2) is 36.6 Å². The van der Waals surface area contributed by atoms with Crippen LogP contribution in [0.5, 0.6) is 0 Å². The molecular formula is C15H14N6OS. The normalized spacial score (nSPS) is 14.7. The highest BCUT2D eigenvalue weighted by Gasteiger charge is 2.29. The maximum absolute atomic E-state index is 12.0. The Kier molecular flexibility index (Phi) is 3.58. The van der Waals surface area contributed by atoms with Gasteiger partial charge in [-0.05, 0) is 18.2 Å². The van der Waals surface area contributed by atoms with E-state index in [9.17, 15) is 4.79 Å². The number of anilines is 1. The van der Waals surface area contributed by atoms with Gasteiger partial charge in [0.15, 0.2) is 5.82 Å². The van der Waals surface area contributed by atoms with E-state index >= 15 is 0 Å². The lowest BCUT2D eigenvalue weighted by atomic mass is 10.0.